The lowest BCUT2D eigenvalue weighted by atomic mass is 9.98. The molecular formula is C25H27N5O2S. The Morgan fingerprint density at radius 1 is 1.15 bits per heavy atom. The van der Waals surface area contributed by atoms with Gasteiger partial charge in [0.05, 0.1) is 39.2 Å². The van der Waals surface area contributed by atoms with Crippen LogP contribution >= 0.6 is 11.3 Å². The Hall–Kier alpha value is -3.10. The maximum atomic E-state index is 13.2. The predicted octanol–water partition coefficient (Wildman–Crippen LogP) is 3.76. The molecule has 4 aromatic rings. The summed E-state index contributed by atoms with van der Waals surface area (Å²) < 4.78 is 1.20. The molecular weight excluding hydrogens is 434 g/mol. The largest absolute Gasteiger partial charge is 0.341 e. The number of carbonyl (C=O) groups is 1. The number of rotatable bonds is 6. The van der Waals surface area contributed by atoms with Gasteiger partial charge in [0.1, 0.15) is 5.82 Å². The molecule has 1 N–H and O–H groups in total. The number of likely N-dealkylation sites (tertiary alicyclic amines) is 1. The highest BCUT2D eigenvalue weighted by Gasteiger charge is 2.27. The average molecular weight is 462 g/mol. The fraction of sp³-hybridized carbons (Fsp3) is 0.360. The zero-order valence-corrected chi connectivity index (χ0v) is 19.5. The molecule has 1 saturated heterocycles. The number of thiazole rings is 1. The maximum Gasteiger partial charge on any atom is 0.258 e. The molecule has 1 aliphatic rings. The molecule has 0 spiro atoms. The molecule has 0 radical (unpaired) electrons. The first-order valence-corrected chi connectivity index (χ1v) is 12.3. The van der Waals surface area contributed by atoms with E-state index in [9.17, 15) is 9.59 Å². The standard InChI is InChI=1S/C25H27N5O2S/c1-2-29(15-22-26-19-10-4-3-9-18(19)24(32)28-22)16-23(31)30-13-7-8-17(14-30)25-27-20-11-5-6-12-21(20)33-25/h3-6,9-12,17H,2,7-8,13-16H2,1H3,(H,26,28,32)/t17-/m1/s1. The normalized spacial score (nSPS) is 16.7. The van der Waals surface area contributed by atoms with Crippen molar-refractivity contribution in [3.8, 4) is 0 Å². The van der Waals surface area contributed by atoms with Crippen molar-refractivity contribution in [2.24, 2.45) is 0 Å². The zero-order chi connectivity index (χ0) is 22.8. The van der Waals surface area contributed by atoms with Crippen LogP contribution in [0.5, 0.6) is 0 Å². The molecule has 7 nitrogen and oxygen atoms in total. The third-order valence-electron chi connectivity index (χ3n) is 6.28. The van der Waals surface area contributed by atoms with E-state index in [0.29, 0.717) is 42.9 Å². The van der Waals surface area contributed by atoms with Crippen molar-refractivity contribution in [1.29, 1.82) is 0 Å². The number of hydrogen-bond donors (Lipinski definition) is 1. The number of benzene rings is 2. The number of aromatic amines is 1. The lowest BCUT2D eigenvalue weighted by Crippen LogP contribution is -2.44. The van der Waals surface area contributed by atoms with Crippen molar-refractivity contribution < 1.29 is 4.79 Å². The Bertz CT molecular complexity index is 1310. The Labute approximate surface area is 196 Å². The molecule has 2 aromatic heterocycles. The van der Waals surface area contributed by atoms with Gasteiger partial charge < -0.3 is 9.88 Å². The van der Waals surface area contributed by atoms with Crippen LogP contribution in [0.2, 0.25) is 0 Å². The van der Waals surface area contributed by atoms with Gasteiger partial charge >= 0.3 is 0 Å². The summed E-state index contributed by atoms with van der Waals surface area (Å²) in [7, 11) is 0. The van der Waals surface area contributed by atoms with Crippen LogP contribution in [0.25, 0.3) is 21.1 Å². The number of para-hydroxylation sites is 2. The first kappa shape index (κ1) is 21.7. The molecule has 0 unspecified atom stereocenters. The van der Waals surface area contributed by atoms with E-state index in [-0.39, 0.29) is 17.4 Å². The fourth-order valence-electron chi connectivity index (χ4n) is 4.46. The van der Waals surface area contributed by atoms with Crippen molar-refractivity contribution in [3.63, 3.8) is 0 Å². The molecule has 3 heterocycles. The van der Waals surface area contributed by atoms with E-state index in [4.69, 9.17) is 4.98 Å². The van der Waals surface area contributed by atoms with Gasteiger partial charge in [0.15, 0.2) is 0 Å². The molecule has 0 aliphatic carbocycles. The molecule has 1 amide bonds. The topological polar surface area (TPSA) is 82.2 Å². The molecule has 0 saturated carbocycles. The SMILES string of the molecule is CCN(CC(=O)N1CCC[C@@H](c2nc3ccccc3s2)C1)Cc1nc2ccccc2c(=O)[nH]1. The summed E-state index contributed by atoms with van der Waals surface area (Å²) in [5.41, 5.74) is 1.57. The van der Waals surface area contributed by atoms with Gasteiger partial charge in [-0.2, -0.15) is 0 Å². The number of fused-ring (bicyclic) bond motifs is 2. The fourth-order valence-corrected chi connectivity index (χ4v) is 5.56. The monoisotopic (exact) mass is 461 g/mol. The van der Waals surface area contributed by atoms with Crippen molar-refractivity contribution in [1.82, 2.24) is 24.8 Å². The number of carbonyl (C=O) groups excluding carboxylic acids is 1. The first-order valence-electron chi connectivity index (χ1n) is 11.4. The number of nitrogens with one attached hydrogen (secondary N) is 1. The number of H-pyrrole nitrogens is 1. The minimum atomic E-state index is -0.146. The van der Waals surface area contributed by atoms with E-state index < -0.39 is 0 Å². The maximum absolute atomic E-state index is 13.2. The van der Waals surface area contributed by atoms with Gasteiger partial charge in [-0.15, -0.1) is 11.3 Å². The highest BCUT2D eigenvalue weighted by Crippen LogP contribution is 2.33. The summed E-state index contributed by atoms with van der Waals surface area (Å²) in [4.78, 5) is 41.8. The molecule has 8 heteroatoms. The number of piperidine rings is 1. The van der Waals surface area contributed by atoms with Crippen LogP contribution in [0.15, 0.2) is 53.3 Å². The van der Waals surface area contributed by atoms with E-state index >= 15 is 0 Å². The second-order valence-electron chi connectivity index (χ2n) is 8.53. The highest BCUT2D eigenvalue weighted by atomic mass is 32.1. The van der Waals surface area contributed by atoms with Gasteiger partial charge in [-0.1, -0.05) is 31.2 Å². The quantitative estimate of drug-likeness (QED) is 0.473. The summed E-state index contributed by atoms with van der Waals surface area (Å²) >= 11 is 1.74. The first-order chi connectivity index (χ1) is 16.1. The molecule has 170 valence electrons. The molecule has 33 heavy (non-hydrogen) atoms. The molecule has 1 fully saturated rings. The number of aromatic nitrogens is 3. The van der Waals surface area contributed by atoms with Crippen LogP contribution in [0.4, 0.5) is 0 Å². The van der Waals surface area contributed by atoms with Gasteiger partial charge in [0.25, 0.3) is 5.56 Å². The van der Waals surface area contributed by atoms with Gasteiger partial charge in [-0.25, -0.2) is 9.97 Å². The van der Waals surface area contributed by atoms with Crippen molar-refractivity contribution in [2.75, 3.05) is 26.2 Å². The third-order valence-corrected chi connectivity index (χ3v) is 7.47. The smallest absolute Gasteiger partial charge is 0.258 e. The molecule has 0 bridgehead atoms. The van der Waals surface area contributed by atoms with Gasteiger partial charge in [0.2, 0.25) is 5.91 Å². The van der Waals surface area contributed by atoms with Crippen molar-refractivity contribution >= 4 is 38.4 Å². The summed E-state index contributed by atoms with van der Waals surface area (Å²) in [5, 5.41) is 1.70. The Morgan fingerprint density at radius 2 is 1.94 bits per heavy atom. The zero-order valence-electron chi connectivity index (χ0n) is 18.7. The van der Waals surface area contributed by atoms with Crippen LogP contribution in [0.1, 0.15) is 36.5 Å². The highest BCUT2D eigenvalue weighted by molar-refractivity contribution is 7.18. The molecule has 5 rings (SSSR count). The molecule has 2 aromatic carbocycles. The van der Waals surface area contributed by atoms with E-state index in [1.54, 1.807) is 17.4 Å². The average Bonchev–Trinajstić information content (AvgIpc) is 3.28. The molecule has 1 aliphatic heterocycles. The second-order valence-corrected chi connectivity index (χ2v) is 9.59. The minimum absolute atomic E-state index is 0.116. The van der Waals surface area contributed by atoms with Gasteiger partial charge in [0, 0.05) is 19.0 Å². The number of hydrogen-bond acceptors (Lipinski definition) is 6. The Kier molecular flexibility index (Phi) is 6.20. The number of likely N-dealkylation sites (N-methyl/N-ethyl adjacent to an activating group) is 1. The van der Waals surface area contributed by atoms with E-state index in [1.807, 2.05) is 53.1 Å². The van der Waals surface area contributed by atoms with Gasteiger partial charge in [-0.3, -0.25) is 14.5 Å². The summed E-state index contributed by atoms with van der Waals surface area (Å²) in [5.74, 6) is 0.985. The summed E-state index contributed by atoms with van der Waals surface area (Å²) in [6.45, 7) is 4.94. The lowest BCUT2D eigenvalue weighted by Gasteiger charge is -2.33. The van der Waals surface area contributed by atoms with Crippen LogP contribution in [0, 0.1) is 0 Å². The van der Waals surface area contributed by atoms with Crippen molar-refractivity contribution in [2.45, 2.75) is 32.2 Å². The number of nitrogens with zero attached hydrogens (tertiary/aromatic N) is 4. The molecule has 1 atom stereocenters. The van der Waals surface area contributed by atoms with Crippen LogP contribution in [0.3, 0.4) is 0 Å². The number of amides is 1. The van der Waals surface area contributed by atoms with Crippen LogP contribution in [-0.2, 0) is 11.3 Å². The minimum Gasteiger partial charge on any atom is -0.341 e. The summed E-state index contributed by atoms with van der Waals surface area (Å²) in [6.07, 6.45) is 2.04. The van der Waals surface area contributed by atoms with E-state index in [0.717, 1.165) is 29.9 Å². The van der Waals surface area contributed by atoms with E-state index in [1.165, 1.54) is 4.70 Å². The Balaban J connectivity index is 1.26. The Morgan fingerprint density at radius 3 is 2.76 bits per heavy atom. The van der Waals surface area contributed by atoms with Crippen molar-refractivity contribution in [3.05, 3.63) is 69.7 Å². The third kappa shape index (κ3) is 4.67. The van der Waals surface area contributed by atoms with Crippen LogP contribution in [-0.4, -0.2) is 56.8 Å². The predicted molar refractivity (Wildman–Crippen MR) is 131 cm³/mol. The van der Waals surface area contributed by atoms with Gasteiger partial charge in [-0.05, 0) is 43.7 Å². The lowest BCUT2D eigenvalue weighted by molar-refractivity contribution is -0.133. The van der Waals surface area contributed by atoms with Crippen LogP contribution < -0.4 is 5.56 Å². The van der Waals surface area contributed by atoms with E-state index in [2.05, 4.69) is 16.0 Å². The second kappa shape index (κ2) is 9.41. The summed E-state index contributed by atoms with van der Waals surface area (Å²) in [6, 6.07) is 15.5.